The van der Waals surface area contributed by atoms with E-state index >= 15 is 0 Å². The average Bonchev–Trinajstić information content (AvgIpc) is 3.19. The number of aromatic nitrogens is 4. The van der Waals surface area contributed by atoms with Gasteiger partial charge in [-0.15, -0.1) is 0 Å². The highest BCUT2D eigenvalue weighted by Crippen LogP contribution is 2.36. The molecule has 1 aliphatic heterocycles. The van der Waals surface area contributed by atoms with Crippen molar-refractivity contribution in [2.24, 2.45) is 5.92 Å². The van der Waals surface area contributed by atoms with Gasteiger partial charge in [-0.3, -0.25) is 0 Å². The summed E-state index contributed by atoms with van der Waals surface area (Å²) in [5, 5.41) is 0. The van der Waals surface area contributed by atoms with Crippen LogP contribution in [-0.4, -0.2) is 44.8 Å². The minimum Gasteiger partial charge on any atom is -0.374 e. The Morgan fingerprint density at radius 3 is 2.91 bits per heavy atom. The molecular formula is C15H18FN5O. The molecule has 2 aromatic rings. The normalized spacial score (nSPS) is 27.9. The summed E-state index contributed by atoms with van der Waals surface area (Å²) in [5.74, 6) is 0.656. The lowest BCUT2D eigenvalue weighted by Gasteiger charge is -2.39. The van der Waals surface area contributed by atoms with Crippen LogP contribution in [-0.2, 0) is 11.3 Å². The molecule has 7 heteroatoms. The van der Waals surface area contributed by atoms with Crippen LogP contribution in [0.15, 0.2) is 31.1 Å². The van der Waals surface area contributed by atoms with Gasteiger partial charge in [-0.2, -0.15) is 0 Å². The Hall–Kier alpha value is -2.02. The summed E-state index contributed by atoms with van der Waals surface area (Å²) in [5.41, 5.74) is 0. The Balaban J connectivity index is 1.52. The van der Waals surface area contributed by atoms with E-state index in [0.29, 0.717) is 18.5 Å². The Morgan fingerprint density at radius 2 is 2.14 bits per heavy atom. The molecule has 2 fully saturated rings. The molecule has 2 aromatic heterocycles. The molecule has 0 radical (unpaired) electrons. The quantitative estimate of drug-likeness (QED) is 0.860. The Labute approximate surface area is 128 Å². The maximum Gasteiger partial charge on any atom is 0.225 e. The second-order valence-corrected chi connectivity index (χ2v) is 5.89. The standard InChI is InChI=1S/C15H18FN5O/c16-12-7-18-15(19-8-12)21-5-6-22-14-11(1-2-13(14)21)9-20-4-3-17-10-20/h3-4,7-8,10-11,13-14H,1-2,5-6,9H2/t11-,13-,14+/m0/s1. The van der Waals surface area contributed by atoms with E-state index in [1.165, 1.54) is 12.4 Å². The zero-order valence-corrected chi connectivity index (χ0v) is 12.2. The minimum absolute atomic E-state index is 0.171. The van der Waals surface area contributed by atoms with Crippen LogP contribution in [0.3, 0.4) is 0 Å². The first-order chi connectivity index (χ1) is 10.8. The highest BCUT2D eigenvalue weighted by atomic mass is 19.1. The smallest absolute Gasteiger partial charge is 0.225 e. The first kappa shape index (κ1) is 13.6. The van der Waals surface area contributed by atoms with Gasteiger partial charge in [0, 0.05) is 31.4 Å². The summed E-state index contributed by atoms with van der Waals surface area (Å²) in [4.78, 5) is 14.5. The Bertz CT molecular complexity index is 617. The summed E-state index contributed by atoms with van der Waals surface area (Å²) < 4.78 is 21.2. The third-order valence-corrected chi connectivity index (χ3v) is 4.59. The van der Waals surface area contributed by atoms with Crippen LogP contribution in [0.1, 0.15) is 12.8 Å². The highest BCUT2D eigenvalue weighted by molar-refractivity contribution is 5.33. The van der Waals surface area contributed by atoms with E-state index in [4.69, 9.17) is 4.74 Å². The maximum absolute atomic E-state index is 13.0. The van der Waals surface area contributed by atoms with Crippen molar-refractivity contribution in [2.45, 2.75) is 31.5 Å². The fraction of sp³-hybridized carbons (Fsp3) is 0.533. The van der Waals surface area contributed by atoms with Gasteiger partial charge >= 0.3 is 0 Å². The van der Waals surface area contributed by atoms with E-state index < -0.39 is 5.82 Å². The predicted molar refractivity (Wildman–Crippen MR) is 77.8 cm³/mol. The number of ether oxygens (including phenoxy) is 1. The Morgan fingerprint density at radius 1 is 1.27 bits per heavy atom. The second-order valence-electron chi connectivity index (χ2n) is 5.89. The van der Waals surface area contributed by atoms with Crippen LogP contribution in [0, 0.1) is 11.7 Å². The van der Waals surface area contributed by atoms with Gasteiger partial charge in [0.05, 0.1) is 37.5 Å². The topological polar surface area (TPSA) is 56.1 Å². The molecule has 1 aliphatic carbocycles. The number of nitrogens with zero attached hydrogens (tertiary/aromatic N) is 5. The van der Waals surface area contributed by atoms with Crippen molar-refractivity contribution >= 4 is 5.95 Å². The molecule has 3 atom stereocenters. The first-order valence-electron chi connectivity index (χ1n) is 7.63. The van der Waals surface area contributed by atoms with E-state index in [1.54, 1.807) is 6.20 Å². The molecule has 0 N–H and O–H groups in total. The molecule has 2 aliphatic rings. The molecule has 3 heterocycles. The molecule has 0 unspecified atom stereocenters. The van der Waals surface area contributed by atoms with Crippen LogP contribution in [0.5, 0.6) is 0 Å². The molecule has 4 rings (SSSR count). The van der Waals surface area contributed by atoms with Crippen LogP contribution >= 0.6 is 0 Å². The first-order valence-corrected chi connectivity index (χ1v) is 7.63. The zero-order chi connectivity index (χ0) is 14.9. The molecule has 1 saturated heterocycles. The zero-order valence-electron chi connectivity index (χ0n) is 12.2. The van der Waals surface area contributed by atoms with Crippen molar-refractivity contribution in [1.29, 1.82) is 0 Å². The van der Waals surface area contributed by atoms with Gasteiger partial charge in [0.2, 0.25) is 5.95 Å². The van der Waals surface area contributed by atoms with Crippen molar-refractivity contribution in [3.05, 3.63) is 36.9 Å². The average molecular weight is 303 g/mol. The minimum atomic E-state index is -0.405. The number of rotatable bonds is 3. The SMILES string of the molecule is Fc1cnc(N2CCO[C@@H]3[C@H](Cn4ccnc4)CC[C@@H]32)nc1. The van der Waals surface area contributed by atoms with Crippen molar-refractivity contribution < 1.29 is 9.13 Å². The van der Waals surface area contributed by atoms with E-state index in [-0.39, 0.29) is 12.1 Å². The molecule has 0 amide bonds. The summed E-state index contributed by atoms with van der Waals surface area (Å²) in [6.45, 7) is 2.33. The number of hydrogen-bond acceptors (Lipinski definition) is 5. The lowest BCUT2D eigenvalue weighted by Crippen LogP contribution is -2.51. The summed E-state index contributed by atoms with van der Waals surface area (Å²) in [6, 6.07) is 0.271. The number of fused-ring (bicyclic) bond motifs is 1. The van der Waals surface area contributed by atoms with E-state index in [1.807, 2.05) is 12.5 Å². The van der Waals surface area contributed by atoms with Gasteiger partial charge in [0.15, 0.2) is 5.82 Å². The highest BCUT2D eigenvalue weighted by Gasteiger charge is 2.43. The van der Waals surface area contributed by atoms with Gasteiger partial charge in [0.25, 0.3) is 0 Å². The van der Waals surface area contributed by atoms with Gasteiger partial charge in [0.1, 0.15) is 0 Å². The number of imidazole rings is 1. The van der Waals surface area contributed by atoms with Crippen LogP contribution < -0.4 is 4.90 Å². The monoisotopic (exact) mass is 303 g/mol. The number of halogens is 1. The lowest BCUT2D eigenvalue weighted by molar-refractivity contribution is -0.00612. The van der Waals surface area contributed by atoms with Gasteiger partial charge in [-0.05, 0) is 12.8 Å². The lowest BCUT2D eigenvalue weighted by atomic mass is 10.0. The second kappa shape index (κ2) is 5.64. The predicted octanol–water partition coefficient (Wildman–Crippen LogP) is 1.50. The molecule has 116 valence electrons. The summed E-state index contributed by atoms with van der Waals surface area (Å²) in [6.07, 6.45) is 10.4. The maximum atomic E-state index is 13.0. The largest absolute Gasteiger partial charge is 0.374 e. The third-order valence-electron chi connectivity index (χ3n) is 4.59. The van der Waals surface area contributed by atoms with Crippen LogP contribution in [0.2, 0.25) is 0 Å². The molecule has 6 nitrogen and oxygen atoms in total. The van der Waals surface area contributed by atoms with Gasteiger partial charge in [-0.1, -0.05) is 0 Å². The van der Waals surface area contributed by atoms with Crippen molar-refractivity contribution in [1.82, 2.24) is 19.5 Å². The fourth-order valence-corrected chi connectivity index (χ4v) is 3.62. The van der Waals surface area contributed by atoms with Crippen LogP contribution in [0.25, 0.3) is 0 Å². The molecule has 0 spiro atoms. The number of hydrogen-bond donors (Lipinski definition) is 0. The van der Waals surface area contributed by atoms with Gasteiger partial charge in [-0.25, -0.2) is 19.3 Å². The van der Waals surface area contributed by atoms with Crippen molar-refractivity contribution in [2.75, 3.05) is 18.1 Å². The summed E-state index contributed by atoms with van der Waals surface area (Å²) in [7, 11) is 0. The van der Waals surface area contributed by atoms with Crippen LogP contribution in [0.4, 0.5) is 10.3 Å². The van der Waals surface area contributed by atoms with E-state index in [9.17, 15) is 4.39 Å². The molecule has 1 saturated carbocycles. The molecular weight excluding hydrogens is 285 g/mol. The van der Waals surface area contributed by atoms with Crippen molar-refractivity contribution in [3.8, 4) is 0 Å². The number of morpholine rings is 1. The van der Waals surface area contributed by atoms with Gasteiger partial charge < -0.3 is 14.2 Å². The van der Waals surface area contributed by atoms with E-state index in [0.717, 1.165) is 25.9 Å². The molecule has 0 bridgehead atoms. The third kappa shape index (κ3) is 2.45. The summed E-state index contributed by atoms with van der Waals surface area (Å²) >= 11 is 0. The molecule has 22 heavy (non-hydrogen) atoms. The number of anilines is 1. The van der Waals surface area contributed by atoms with Crippen molar-refractivity contribution in [3.63, 3.8) is 0 Å². The Kier molecular flexibility index (Phi) is 3.49. The fourth-order valence-electron chi connectivity index (χ4n) is 3.62. The van der Waals surface area contributed by atoms with E-state index in [2.05, 4.69) is 24.4 Å². The molecule has 0 aromatic carbocycles.